The van der Waals surface area contributed by atoms with Gasteiger partial charge >= 0.3 is 0 Å². The van der Waals surface area contributed by atoms with Crippen LogP contribution < -0.4 is 15.5 Å². The predicted molar refractivity (Wildman–Crippen MR) is 123 cm³/mol. The third-order valence-electron chi connectivity index (χ3n) is 4.72. The standard InChI is InChI=1S/C20H35N5.HI/c1-16(2)8-7-9-17(3)24-20(21-4)23-15-18-10-11-19(22-14-18)25-12-5-6-13-25;/h10-11,14,16-17H,5-9,12-13,15H2,1-4H3,(H2,21,23,24);1H. The largest absolute Gasteiger partial charge is 0.357 e. The van der Waals surface area contributed by atoms with Gasteiger partial charge < -0.3 is 15.5 Å². The van der Waals surface area contributed by atoms with Gasteiger partial charge in [-0.2, -0.15) is 0 Å². The Kier molecular flexibility index (Phi) is 10.9. The summed E-state index contributed by atoms with van der Waals surface area (Å²) in [6.07, 6.45) is 8.24. The van der Waals surface area contributed by atoms with Gasteiger partial charge in [0.05, 0.1) is 0 Å². The number of aromatic nitrogens is 1. The summed E-state index contributed by atoms with van der Waals surface area (Å²) < 4.78 is 0. The molecule has 0 aromatic carbocycles. The number of halogens is 1. The SMILES string of the molecule is CN=C(NCc1ccc(N2CCCC2)nc1)NC(C)CCCC(C)C.I. The molecule has 2 N–H and O–H groups in total. The Morgan fingerprint density at radius 3 is 2.50 bits per heavy atom. The molecule has 2 rings (SSSR count). The van der Waals surface area contributed by atoms with Gasteiger partial charge in [0.1, 0.15) is 5.82 Å². The minimum absolute atomic E-state index is 0. The fourth-order valence-electron chi connectivity index (χ4n) is 3.17. The van der Waals surface area contributed by atoms with Crippen LogP contribution in [0.1, 0.15) is 58.4 Å². The second-order valence-electron chi connectivity index (χ2n) is 7.51. The average Bonchev–Trinajstić information content (AvgIpc) is 3.13. The Morgan fingerprint density at radius 1 is 1.19 bits per heavy atom. The van der Waals surface area contributed by atoms with Crippen molar-refractivity contribution in [1.29, 1.82) is 0 Å². The maximum atomic E-state index is 4.61. The first-order valence-electron chi connectivity index (χ1n) is 9.75. The highest BCUT2D eigenvalue weighted by Gasteiger charge is 2.13. The van der Waals surface area contributed by atoms with Gasteiger partial charge in [-0.05, 0) is 43.7 Å². The molecule has 1 fully saturated rings. The summed E-state index contributed by atoms with van der Waals surface area (Å²) in [7, 11) is 1.82. The molecule has 1 unspecified atom stereocenters. The van der Waals surface area contributed by atoms with Crippen molar-refractivity contribution in [1.82, 2.24) is 15.6 Å². The topological polar surface area (TPSA) is 52.6 Å². The van der Waals surface area contributed by atoms with Crippen LogP contribution in [0, 0.1) is 5.92 Å². The van der Waals surface area contributed by atoms with E-state index in [1.807, 2.05) is 13.2 Å². The van der Waals surface area contributed by atoms with Crippen LogP contribution in [-0.2, 0) is 6.54 Å². The summed E-state index contributed by atoms with van der Waals surface area (Å²) >= 11 is 0. The van der Waals surface area contributed by atoms with Crippen LogP contribution in [-0.4, -0.2) is 37.1 Å². The highest BCUT2D eigenvalue weighted by Crippen LogP contribution is 2.17. The number of anilines is 1. The third kappa shape index (κ3) is 8.10. The van der Waals surface area contributed by atoms with Gasteiger partial charge in [0.15, 0.2) is 5.96 Å². The quantitative estimate of drug-likeness (QED) is 0.338. The van der Waals surface area contributed by atoms with Crippen LogP contribution in [0.25, 0.3) is 0 Å². The van der Waals surface area contributed by atoms with E-state index in [0.717, 1.165) is 37.3 Å². The van der Waals surface area contributed by atoms with Crippen molar-refractivity contribution in [2.75, 3.05) is 25.0 Å². The van der Waals surface area contributed by atoms with E-state index in [2.05, 4.69) is 58.4 Å². The van der Waals surface area contributed by atoms with E-state index in [4.69, 9.17) is 0 Å². The molecule has 6 heteroatoms. The molecule has 0 bridgehead atoms. The number of hydrogen-bond acceptors (Lipinski definition) is 3. The lowest BCUT2D eigenvalue weighted by Crippen LogP contribution is -2.41. The van der Waals surface area contributed by atoms with Crippen LogP contribution in [0.2, 0.25) is 0 Å². The fourth-order valence-corrected chi connectivity index (χ4v) is 3.17. The van der Waals surface area contributed by atoms with Crippen LogP contribution in [0.5, 0.6) is 0 Å². The van der Waals surface area contributed by atoms with E-state index < -0.39 is 0 Å². The van der Waals surface area contributed by atoms with E-state index in [0.29, 0.717) is 6.04 Å². The number of guanidine groups is 1. The number of aliphatic imine (C=N–C) groups is 1. The van der Waals surface area contributed by atoms with Gasteiger partial charge in [-0.1, -0.05) is 32.8 Å². The average molecular weight is 473 g/mol. The summed E-state index contributed by atoms with van der Waals surface area (Å²) in [5.74, 6) is 2.74. The van der Waals surface area contributed by atoms with Crippen LogP contribution in [0.4, 0.5) is 5.82 Å². The Balaban J connectivity index is 0.00000338. The third-order valence-corrected chi connectivity index (χ3v) is 4.72. The normalized spacial score (nSPS) is 15.7. The molecule has 5 nitrogen and oxygen atoms in total. The number of hydrogen-bond donors (Lipinski definition) is 2. The van der Waals surface area contributed by atoms with Crippen molar-refractivity contribution < 1.29 is 0 Å². The van der Waals surface area contributed by atoms with Crippen molar-refractivity contribution >= 4 is 35.8 Å². The van der Waals surface area contributed by atoms with E-state index >= 15 is 0 Å². The Hall–Kier alpha value is -1.05. The molecule has 0 spiro atoms. The Labute approximate surface area is 176 Å². The van der Waals surface area contributed by atoms with E-state index in [-0.39, 0.29) is 24.0 Å². The number of nitrogens with one attached hydrogen (secondary N) is 2. The molecule has 26 heavy (non-hydrogen) atoms. The van der Waals surface area contributed by atoms with E-state index in [1.54, 1.807) is 0 Å². The zero-order valence-electron chi connectivity index (χ0n) is 16.8. The molecule has 1 aliphatic rings. The van der Waals surface area contributed by atoms with Crippen molar-refractivity contribution in [2.45, 2.75) is 65.5 Å². The molecule has 0 amide bonds. The lowest BCUT2D eigenvalue weighted by Gasteiger charge is -2.19. The molecule has 1 aliphatic heterocycles. The molecule has 0 radical (unpaired) electrons. The zero-order chi connectivity index (χ0) is 18.1. The summed E-state index contributed by atoms with van der Waals surface area (Å²) in [4.78, 5) is 11.3. The maximum Gasteiger partial charge on any atom is 0.191 e. The first-order chi connectivity index (χ1) is 12.1. The molecule has 2 heterocycles. The summed E-state index contributed by atoms with van der Waals surface area (Å²) in [5, 5.41) is 6.87. The second kappa shape index (κ2) is 12.4. The van der Waals surface area contributed by atoms with Crippen molar-refractivity contribution in [3.05, 3.63) is 23.9 Å². The smallest absolute Gasteiger partial charge is 0.191 e. The Bertz CT molecular complexity index is 524. The molecule has 1 atom stereocenters. The van der Waals surface area contributed by atoms with Gasteiger partial charge in [-0.15, -0.1) is 24.0 Å². The molecule has 0 saturated carbocycles. The second-order valence-corrected chi connectivity index (χ2v) is 7.51. The molecule has 0 aliphatic carbocycles. The molecule has 148 valence electrons. The predicted octanol–water partition coefficient (Wildman–Crippen LogP) is 4.18. The van der Waals surface area contributed by atoms with Gasteiger partial charge in [0.25, 0.3) is 0 Å². The summed E-state index contributed by atoms with van der Waals surface area (Å²) in [6.45, 7) is 9.79. The monoisotopic (exact) mass is 473 g/mol. The first-order valence-corrected chi connectivity index (χ1v) is 9.75. The molecule has 1 aromatic heterocycles. The molecular formula is C20H36IN5. The highest BCUT2D eigenvalue weighted by molar-refractivity contribution is 14.0. The zero-order valence-corrected chi connectivity index (χ0v) is 19.1. The number of pyridine rings is 1. The molecular weight excluding hydrogens is 437 g/mol. The van der Waals surface area contributed by atoms with Crippen molar-refractivity contribution in [2.24, 2.45) is 10.9 Å². The van der Waals surface area contributed by atoms with Crippen LogP contribution in [0.15, 0.2) is 23.3 Å². The Morgan fingerprint density at radius 2 is 1.92 bits per heavy atom. The summed E-state index contributed by atoms with van der Waals surface area (Å²) in [6, 6.07) is 4.72. The van der Waals surface area contributed by atoms with Crippen molar-refractivity contribution in [3.8, 4) is 0 Å². The summed E-state index contributed by atoms with van der Waals surface area (Å²) in [5.41, 5.74) is 1.18. The maximum absolute atomic E-state index is 4.61. The van der Waals surface area contributed by atoms with Gasteiger partial charge in [-0.3, -0.25) is 4.99 Å². The van der Waals surface area contributed by atoms with Crippen molar-refractivity contribution in [3.63, 3.8) is 0 Å². The van der Waals surface area contributed by atoms with Crippen LogP contribution in [0.3, 0.4) is 0 Å². The lowest BCUT2D eigenvalue weighted by atomic mass is 10.0. The van der Waals surface area contributed by atoms with E-state index in [1.165, 1.54) is 37.7 Å². The lowest BCUT2D eigenvalue weighted by molar-refractivity contribution is 0.491. The minimum Gasteiger partial charge on any atom is -0.357 e. The fraction of sp³-hybridized carbons (Fsp3) is 0.700. The highest BCUT2D eigenvalue weighted by atomic mass is 127. The molecule has 1 aromatic rings. The van der Waals surface area contributed by atoms with Gasteiger partial charge in [0.2, 0.25) is 0 Å². The molecule has 1 saturated heterocycles. The first kappa shape index (κ1) is 23.0. The van der Waals surface area contributed by atoms with Gasteiger partial charge in [0, 0.05) is 38.9 Å². The minimum atomic E-state index is 0. The number of nitrogens with zero attached hydrogens (tertiary/aromatic N) is 3. The van der Waals surface area contributed by atoms with Crippen LogP contribution >= 0.6 is 24.0 Å². The van der Waals surface area contributed by atoms with E-state index in [9.17, 15) is 0 Å². The number of rotatable bonds is 8. The van der Waals surface area contributed by atoms with Gasteiger partial charge in [-0.25, -0.2) is 4.98 Å².